The van der Waals surface area contributed by atoms with Crippen molar-refractivity contribution < 1.29 is 4.57 Å². The van der Waals surface area contributed by atoms with Crippen LogP contribution in [0.3, 0.4) is 0 Å². The van der Waals surface area contributed by atoms with Gasteiger partial charge in [0.25, 0.3) is 0 Å². The molecule has 0 fully saturated rings. The van der Waals surface area contributed by atoms with Crippen molar-refractivity contribution >= 4 is 0 Å². The Kier molecular flexibility index (Phi) is 4.42. The van der Waals surface area contributed by atoms with Gasteiger partial charge in [-0.05, 0) is 78.5 Å². The molecule has 1 heterocycles. The van der Waals surface area contributed by atoms with Gasteiger partial charge in [-0.1, -0.05) is 44.2 Å². The number of nitrogens with zero attached hydrogens (tertiary/aromatic N) is 1. The van der Waals surface area contributed by atoms with Crippen LogP contribution in [0, 0.1) is 26.7 Å². The standard InChI is InChI=1S/C26H30N/c1-16(2)12-20-8-7-9-21-22-11-10-17(3)26(24(22)14-23(20)21)25-13-18(4)19(5)15-27(25)6/h7-11,13,15-16H,12,14H2,1-6H3/q+1. The van der Waals surface area contributed by atoms with Gasteiger partial charge < -0.3 is 0 Å². The Bertz CT molecular complexity index is 1040. The smallest absolute Gasteiger partial charge is 0.201 e. The lowest BCUT2D eigenvalue weighted by Crippen LogP contribution is -2.32. The molecule has 0 N–H and O–H groups in total. The Labute approximate surface area is 163 Å². The molecular formula is C26H30N+. The van der Waals surface area contributed by atoms with E-state index in [0.717, 1.165) is 12.8 Å². The molecule has 0 bridgehead atoms. The fourth-order valence-electron chi connectivity index (χ4n) is 4.59. The van der Waals surface area contributed by atoms with E-state index in [2.05, 4.69) is 88.8 Å². The van der Waals surface area contributed by atoms with Crippen LogP contribution in [0.25, 0.3) is 22.4 Å². The Morgan fingerprint density at radius 1 is 0.889 bits per heavy atom. The molecule has 1 aliphatic carbocycles. The van der Waals surface area contributed by atoms with E-state index in [9.17, 15) is 0 Å². The molecule has 3 aromatic rings. The third kappa shape index (κ3) is 3.00. The number of aromatic nitrogens is 1. The van der Waals surface area contributed by atoms with Crippen LogP contribution in [0.5, 0.6) is 0 Å². The van der Waals surface area contributed by atoms with Gasteiger partial charge >= 0.3 is 0 Å². The minimum Gasteiger partial charge on any atom is -0.201 e. The van der Waals surface area contributed by atoms with E-state index in [1.54, 1.807) is 5.56 Å². The molecule has 27 heavy (non-hydrogen) atoms. The molecule has 0 amide bonds. The summed E-state index contributed by atoms with van der Waals surface area (Å²) in [5.74, 6) is 0.680. The predicted molar refractivity (Wildman–Crippen MR) is 114 cm³/mol. The number of hydrogen-bond donors (Lipinski definition) is 0. The molecule has 0 saturated heterocycles. The second-order valence-corrected chi connectivity index (χ2v) is 8.64. The molecule has 0 spiro atoms. The predicted octanol–water partition coefficient (Wildman–Crippen LogP) is 5.87. The van der Waals surface area contributed by atoms with Crippen molar-refractivity contribution in [2.24, 2.45) is 13.0 Å². The van der Waals surface area contributed by atoms with Gasteiger partial charge in [-0.2, -0.15) is 0 Å². The number of aryl methyl sites for hydroxylation is 4. The van der Waals surface area contributed by atoms with E-state index in [-0.39, 0.29) is 0 Å². The van der Waals surface area contributed by atoms with E-state index < -0.39 is 0 Å². The number of hydrogen-bond acceptors (Lipinski definition) is 0. The van der Waals surface area contributed by atoms with Gasteiger partial charge in [-0.3, -0.25) is 0 Å². The van der Waals surface area contributed by atoms with Crippen molar-refractivity contribution in [2.45, 2.75) is 47.5 Å². The lowest BCUT2D eigenvalue weighted by atomic mass is 9.93. The summed E-state index contributed by atoms with van der Waals surface area (Å²) in [5.41, 5.74) is 14.2. The molecule has 1 heteroatoms. The highest BCUT2D eigenvalue weighted by atomic mass is 14.9. The molecule has 0 radical (unpaired) electrons. The van der Waals surface area contributed by atoms with Gasteiger partial charge in [0.05, 0.1) is 5.56 Å². The van der Waals surface area contributed by atoms with Crippen LogP contribution in [0.1, 0.15) is 47.2 Å². The SMILES string of the molecule is Cc1cc(-c2c(C)ccc3c2Cc2c(CC(C)C)cccc2-3)[n+](C)cc1C. The first kappa shape index (κ1) is 18.0. The Morgan fingerprint density at radius 2 is 1.63 bits per heavy atom. The summed E-state index contributed by atoms with van der Waals surface area (Å²) >= 11 is 0. The van der Waals surface area contributed by atoms with E-state index in [1.165, 1.54) is 50.2 Å². The molecule has 1 nitrogen and oxygen atoms in total. The van der Waals surface area contributed by atoms with Crippen LogP contribution in [-0.2, 0) is 19.9 Å². The first-order chi connectivity index (χ1) is 12.9. The Morgan fingerprint density at radius 3 is 2.37 bits per heavy atom. The molecule has 1 aromatic heterocycles. The van der Waals surface area contributed by atoms with Gasteiger partial charge in [0, 0.05) is 11.6 Å². The lowest BCUT2D eigenvalue weighted by molar-refractivity contribution is -0.660. The summed E-state index contributed by atoms with van der Waals surface area (Å²) < 4.78 is 2.29. The minimum absolute atomic E-state index is 0.680. The van der Waals surface area contributed by atoms with Crippen LogP contribution in [-0.4, -0.2) is 0 Å². The number of fused-ring (bicyclic) bond motifs is 3. The Hall–Kier alpha value is -2.41. The quantitative estimate of drug-likeness (QED) is 0.404. The molecule has 2 aromatic carbocycles. The summed E-state index contributed by atoms with van der Waals surface area (Å²) in [6.45, 7) is 11.3. The number of pyridine rings is 1. The van der Waals surface area contributed by atoms with Crippen molar-refractivity contribution in [1.82, 2.24) is 0 Å². The first-order valence-electron chi connectivity index (χ1n) is 10.1. The highest BCUT2D eigenvalue weighted by Crippen LogP contribution is 2.44. The first-order valence-corrected chi connectivity index (χ1v) is 10.1. The zero-order valence-electron chi connectivity index (χ0n) is 17.5. The molecule has 4 rings (SSSR count). The monoisotopic (exact) mass is 356 g/mol. The van der Waals surface area contributed by atoms with E-state index in [4.69, 9.17) is 0 Å². The van der Waals surface area contributed by atoms with Gasteiger partial charge in [-0.25, -0.2) is 4.57 Å². The van der Waals surface area contributed by atoms with E-state index >= 15 is 0 Å². The molecule has 0 aliphatic heterocycles. The summed E-state index contributed by atoms with van der Waals surface area (Å²) in [6.07, 6.45) is 4.47. The largest absolute Gasteiger partial charge is 0.213 e. The molecule has 138 valence electrons. The third-order valence-electron chi connectivity index (χ3n) is 6.06. The van der Waals surface area contributed by atoms with Gasteiger partial charge in [0.2, 0.25) is 5.69 Å². The third-order valence-corrected chi connectivity index (χ3v) is 6.06. The molecule has 0 saturated carbocycles. The van der Waals surface area contributed by atoms with Crippen LogP contribution < -0.4 is 4.57 Å². The van der Waals surface area contributed by atoms with Crippen LogP contribution in [0.15, 0.2) is 42.6 Å². The van der Waals surface area contributed by atoms with Crippen LogP contribution >= 0.6 is 0 Å². The molecule has 0 unspecified atom stereocenters. The average Bonchev–Trinajstić information content (AvgIpc) is 2.98. The summed E-state index contributed by atoms with van der Waals surface area (Å²) in [6, 6.07) is 13.9. The normalized spacial score (nSPS) is 12.4. The summed E-state index contributed by atoms with van der Waals surface area (Å²) in [7, 11) is 2.17. The van der Waals surface area contributed by atoms with E-state index in [1.807, 2.05) is 0 Å². The van der Waals surface area contributed by atoms with E-state index in [0.29, 0.717) is 5.92 Å². The van der Waals surface area contributed by atoms with Crippen molar-refractivity contribution in [1.29, 1.82) is 0 Å². The highest BCUT2D eigenvalue weighted by Gasteiger charge is 2.28. The number of benzene rings is 2. The average molecular weight is 357 g/mol. The summed E-state index contributed by atoms with van der Waals surface area (Å²) in [5, 5.41) is 0. The van der Waals surface area contributed by atoms with Gasteiger partial charge in [-0.15, -0.1) is 0 Å². The molecular weight excluding hydrogens is 326 g/mol. The van der Waals surface area contributed by atoms with Gasteiger partial charge in [0.15, 0.2) is 6.20 Å². The molecule has 1 aliphatic rings. The Balaban J connectivity index is 1.92. The zero-order chi connectivity index (χ0) is 19.3. The van der Waals surface area contributed by atoms with Crippen molar-refractivity contribution in [3.63, 3.8) is 0 Å². The maximum absolute atomic E-state index is 2.36. The maximum atomic E-state index is 2.36. The minimum atomic E-state index is 0.680. The topological polar surface area (TPSA) is 3.88 Å². The second kappa shape index (κ2) is 6.64. The zero-order valence-corrected chi connectivity index (χ0v) is 17.5. The van der Waals surface area contributed by atoms with Crippen molar-refractivity contribution in [2.75, 3.05) is 0 Å². The fraction of sp³-hybridized carbons (Fsp3) is 0.346. The lowest BCUT2D eigenvalue weighted by Gasteiger charge is -2.12. The molecule has 0 atom stereocenters. The van der Waals surface area contributed by atoms with Crippen LogP contribution in [0.4, 0.5) is 0 Å². The van der Waals surface area contributed by atoms with Crippen molar-refractivity contribution in [3.05, 3.63) is 76.0 Å². The number of rotatable bonds is 3. The second-order valence-electron chi connectivity index (χ2n) is 8.64. The summed E-state index contributed by atoms with van der Waals surface area (Å²) in [4.78, 5) is 0. The van der Waals surface area contributed by atoms with Gasteiger partial charge in [0.1, 0.15) is 7.05 Å². The fourth-order valence-corrected chi connectivity index (χ4v) is 4.59. The maximum Gasteiger partial charge on any atom is 0.213 e. The van der Waals surface area contributed by atoms with Crippen LogP contribution in [0.2, 0.25) is 0 Å². The van der Waals surface area contributed by atoms with Crippen molar-refractivity contribution in [3.8, 4) is 22.4 Å². The highest BCUT2D eigenvalue weighted by molar-refractivity contribution is 5.85.